The lowest BCUT2D eigenvalue weighted by atomic mass is 10.0. The van der Waals surface area contributed by atoms with Gasteiger partial charge in [-0.1, -0.05) is 38.5 Å². The SMILES string of the molecule is CC(C)C[C@H](NC(=O)[C@H](CCCCN)N[C@H](C)C(=O)O)C(=O)Nc1ccccc1. The molecule has 0 bridgehead atoms. The highest BCUT2D eigenvalue weighted by Crippen LogP contribution is 2.11. The number of nitrogens with two attached hydrogens (primary N) is 1. The van der Waals surface area contributed by atoms with Crippen LogP contribution in [0.5, 0.6) is 0 Å². The molecule has 8 nitrogen and oxygen atoms in total. The molecule has 0 saturated carbocycles. The maximum absolute atomic E-state index is 12.9. The lowest BCUT2D eigenvalue weighted by molar-refractivity contribution is -0.139. The van der Waals surface area contributed by atoms with Gasteiger partial charge in [0.1, 0.15) is 12.1 Å². The normalized spacial score (nSPS) is 14.1. The maximum atomic E-state index is 12.9. The van der Waals surface area contributed by atoms with Crippen LogP contribution in [0.3, 0.4) is 0 Å². The zero-order chi connectivity index (χ0) is 21.8. The van der Waals surface area contributed by atoms with Crippen molar-refractivity contribution < 1.29 is 19.5 Å². The van der Waals surface area contributed by atoms with E-state index in [1.165, 1.54) is 6.92 Å². The topological polar surface area (TPSA) is 134 Å². The third-order valence-electron chi connectivity index (χ3n) is 4.47. The Balaban J connectivity index is 2.86. The van der Waals surface area contributed by atoms with Gasteiger partial charge in [-0.05, 0) is 50.8 Å². The van der Waals surface area contributed by atoms with Crippen molar-refractivity contribution in [3.05, 3.63) is 30.3 Å². The van der Waals surface area contributed by atoms with Crippen molar-refractivity contribution in [2.24, 2.45) is 11.7 Å². The zero-order valence-corrected chi connectivity index (χ0v) is 17.5. The number of hydrogen-bond donors (Lipinski definition) is 5. The van der Waals surface area contributed by atoms with Crippen LogP contribution >= 0.6 is 0 Å². The number of rotatable bonds is 13. The standard InChI is InChI=1S/C21H34N4O4/c1-14(2)13-18(20(27)24-16-9-5-4-6-10-16)25-19(26)17(11-7-8-12-22)23-15(3)21(28)29/h4-6,9-10,14-15,17-18,23H,7-8,11-13,22H2,1-3H3,(H,24,27)(H,25,26)(H,28,29)/t15-,17+,18+/m1/s1. The number of carbonyl (C=O) groups is 3. The van der Waals surface area contributed by atoms with E-state index in [1.54, 1.807) is 12.1 Å². The molecule has 0 heterocycles. The van der Waals surface area contributed by atoms with Crippen LogP contribution in [0.4, 0.5) is 5.69 Å². The molecule has 2 amide bonds. The van der Waals surface area contributed by atoms with Crippen molar-refractivity contribution in [3.63, 3.8) is 0 Å². The van der Waals surface area contributed by atoms with Crippen molar-refractivity contribution >= 4 is 23.5 Å². The van der Waals surface area contributed by atoms with E-state index in [-0.39, 0.29) is 17.7 Å². The Labute approximate surface area is 172 Å². The average Bonchev–Trinajstić information content (AvgIpc) is 2.66. The largest absolute Gasteiger partial charge is 0.480 e. The smallest absolute Gasteiger partial charge is 0.320 e. The van der Waals surface area contributed by atoms with Crippen molar-refractivity contribution in [1.82, 2.24) is 10.6 Å². The highest BCUT2D eigenvalue weighted by molar-refractivity contribution is 5.97. The first-order valence-corrected chi connectivity index (χ1v) is 10.1. The van der Waals surface area contributed by atoms with Gasteiger partial charge in [-0.3, -0.25) is 19.7 Å². The molecule has 0 aliphatic heterocycles. The quantitative estimate of drug-likeness (QED) is 0.317. The van der Waals surface area contributed by atoms with Crippen LogP contribution in [0.15, 0.2) is 30.3 Å². The minimum absolute atomic E-state index is 0.184. The third-order valence-corrected chi connectivity index (χ3v) is 4.47. The summed E-state index contributed by atoms with van der Waals surface area (Å²) < 4.78 is 0. The van der Waals surface area contributed by atoms with Gasteiger partial charge in [0.25, 0.3) is 0 Å². The van der Waals surface area contributed by atoms with E-state index in [1.807, 2.05) is 32.0 Å². The maximum Gasteiger partial charge on any atom is 0.320 e. The molecule has 162 valence electrons. The number of para-hydroxylation sites is 1. The molecule has 8 heteroatoms. The first-order valence-electron chi connectivity index (χ1n) is 10.1. The van der Waals surface area contributed by atoms with Gasteiger partial charge in [0, 0.05) is 5.69 Å². The van der Waals surface area contributed by atoms with Crippen molar-refractivity contribution in [2.45, 2.75) is 64.6 Å². The third kappa shape index (κ3) is 9.54. The highest BCUT2D eigenvalue weighted by atomic mass is 16.4. The number of hydrogen-bond acceptors (Lipinski definition) is 5. The molecule has 0 aromatic heterocycles. The molecule has 0 spiro atoms. The van der Waals surface area contributed by atoms with Gasteiger partial charge in [-0.2, -0.15) is 0 Å². The van der Waals surface area contributed by atoms with Gasteiger partial charge >= 0.3 is 5.97 Å². The number of aliphatic carboxylic acids is 1. The molecule has 0 aliphatic carbocycles. The molecular weight excluding hydrogens is 372 g/mol. The second kappa shape index (κ2) is 12.9. The van der Waals surface area contributed by atoms with E-state index in [0.717, 1.165) is 6.42 Å². The molecular formula is C21H34N4O4. The molecule has 0 aliphatic rings. The lowest BCUT2D eigenvalue weighted by Crippen LogP contribution is -2.54. The molecule has 1 aromatic rings. The Kier molecular flexibility index (Phi) is 10.9. The van der Waals surface area contributed by atoms with Gasteiger partial charge in [0.2, 0.25) is 11.8 Å². The van der Waals surface area contributed by atoms with Crippen LogP contribution in [0, 0.1) is 5.92 Å². The molecule has 0 unspecified atom stereocenters. The van der Waals surface area contributed by atoms with Crippen LogP contribution in [0.2, 0.25) is 0 Å². The second-order valence-corrected chi connectivity index (χ2v) is 7.61. The van der Waals surface area contributed by atoms with E-state index < -0.39 is 24.1 Å². The second-order valence-electron chi connectivity index (χ2n) is 7.61. The summed E-state index contributed by atoms with van der Waals surface area (Å²) in [6, 6.07) is 6.71. The van der Waals surface area contributed by atoms with E-state index in [4.69, 9.17) is 10.8 Å². The highest BCUT2D eigenvalue weighted by Gasteiger charge is 2.28. The minimum Gasteiger partial charge on any atom is -0.480 e. The van der Waals surface area contributed by atoms with Crippen LogP contribution < -0.4 is 21.7 Å². The fraction of sp³-hybridized carbons (Fsp3) is 0.571. The molecule has 1 rings (SSSR count). The van der Waals surface area contributed by atoms with Gasteiger partial charge < -0.3 is 21.5 Å². The fourth-order valence-corrected chi connectivity index (χ4v) is 2.88. The zero-order valence-electron chi connectivity index (χ0n) is 17.5. The van der Waals surface area contributed by atoms with Crippen LogP contribution in [0.25, 0.3) is 0 Å². The molecule has 6 N–H and O–H groups in total. The summed E-state index contributed by atoms with van der Waals surface area (Å²) in [4.78, 5) is 36.8. The summed E-state index contributed by atoms with van der Waals surface area (Å²) in [6.07, 6.45) is 2.32. The molecule has 29 heavy (non-hydrogen) atoms. The van der Waals surface area contributed by atoms with Crippen LogP contribution in [-0.2, 0) is 14.4 Å². The molecule has 1 aromatic carbocycles. The number of carboxylic acid groups (broad SMARTS) is 1. The summed E-state index contributed by atoms with van der Waals surface area (Å²) >= 11 is 0. The van der Waals surface area contributed by atoms with Gasteiger partial charge in [-0.25, -0.2) is 0 Å². The van der Waals surface area contributed by atoms with E-state index >= 15 is 0 Å². The average molecular weight is 407 g/mol. The van der Waals surface area contributed by atoms with Crippen LogP contribution in [-0.4, -0.2) is 47.6 Å². The van der Waals surface area contributed by atoms with Gasteiger partial charge in [0.15, 0.2) is 0 Å². The molecule has 0 saturated heterocycles. The predicted octanol–water partition coefficient (Wildman–Crippen LogP) is 1.72. The number of benzene rings is 1. The summed E-state index contributed by atoms with van der Waals surface area (Å²) in [7, 11) is 0. The number of nitrogens with one attached hydrogen (secondary N) is 3. The Morgan fingerprint density at radius 2 is 1.66 bits per heavy atom. The number of carbonyl (C=O) groups excluding carboxylic acids is 2. The van der Waals surface area contributed by atoms with Crippen molar-refractivity contribution in [3.8, 4) is 0 Å². The van der Waals surface area contributed by atoms with Crippen molar-refractivity contribution in [1.29, 1.82) is 0 Å². The Hall–Kier alpha value is -2.45. The number of unbranched alkanes of at least 4 members (excludes halogenated alkanes) is 1. The number of amides is 2. The predicted molar refractivity (Wildman–Crippen MR) is 113 cm³/mol. The summed E-state index contributed by atoms with van der Waals surface area (Å²) in [5, 5.41) is 17.6. The first kappa shape index (κ1) is 24.6. The van der Waals surface area contributed by atoms with E-state index in [0.29, 0.717) is 31.5 Å². The van der Waals surface area contributed by atoms with E-state index in [2.05, 4.69) is 16.0 Å². The lowest BCUT2D eigenvalue weighted by Gasteiger charge is -2.25. The van der Waals surface area contributed by atoms with Crippen molar-refractivity contribution in [2.75, 3.05) is 11.9 Å². The Morgan fingerprint density at radius 1 is 1.00 bits per heavy atom. The minimum atomic E-state index is -1.04. The molecule has 0 fully saturated rings. The van der Waals surface area contributed by atoms with Gasteiger partial charge in [0.05, 0.1) is 6.04 Å². The van der Waals surface area contributed by atoms with E-state index in [9.17, 15) is 14.4 Å². The first-order chi connectivity index (χ1) is 13.7. The summed E-state index contributed by atoms with van der Waals surface area (Å²) in [5.74, 6) is -1.54. The van der Waals surface area contributed by atoms with Gasteiger partial charge in [-0.15, -0.1) is 0 Å². The van der Waals surface area contributed by atoms with Crippen LogP contribution in [0.1, 0.15) is 46.5 Å². The summed E-state index contributed by atoms with van der Waals surface area (Å²) in [6.45, 7) is 5.93. The number of anilines is 1. The Bertz CT molecular complexity index is 651. The fourth-order valence-electron chi connectivity index (χ4n) is 2.88. The Morgan fingerprint density at radius 3 is 2.21 bits per heavy atom. The monoisotopic (exact) mass is 406 g/mol. The summed E-state index contributed by atoms with van der Waals surface area (Å²) in [5.41, 5.74) is 6.17. The molecule has 0 radical (unpaired) electrons. The number of carboxylic acids is 1. The molecule has 3 atom stereocenters.